The van der Waals surface area contributed by atoms with Gasteiger partial charge in [-0.1, -0.05) is 17.7 Å². The lowest BCUT2D eigenvalue weighted by Gasteiger charge is -1.98. The van der Waals surface area contributed by atoms with Crippen LogP contribution in [0.2, 0.25) is 5.02 Å². The molecule has 0 aliphatic rings. The van der Waals surface area contributed by atoms with E-state index in [1.54, 1.807) is 0 Å². The second kappa shape index (κ2) is 6.00. The molecule has 7 heteroatoms. The number of aromatic nitrogens is 6. The highest BCUT2D eigenvalue weighted by Gasteiger charge is 2.09. The molecule has 0 N–H and O–H groups in total. The molecule has 0 aliphatic carbocycles. The Hall–Kier alpha value is -3.12. The van der Waals surface area contributed by atoms with Crippen LogP contribution in [0.3, 0.4) is 0 Å². The summed E-state index contributed by atoms with van der Waals surface area (Å²) in [6.45, 7) is 0.636. The standard InChI is InChI=1S/C19H15ClN6/c20-15-4-6-25-13-21-17(18(25)8-15)7-14-9-22-26(10-14)12-16-11-24-5-2-1-3-19(24)23-16/h1-6,8-11,13H,7,12H2. The Morgan fingerprint density at radius 1 is 1.04 bits per heavy atom. The van der Waals surface area contributed by atoms with Gasteiger partial charge in [0.05, 0.1) is 36.0 Å². The van der Waals surface area contributed by atoms with Crippen LogP contribution in [-0.2, 0) is 13.0 Å². The molecule has 0 amide bonds. The van der Waals surface area contributed by atoms with E-state index >= 15 is 0 Å². The zero-order valence-corrected chi connectivity index (χ0v) is 14.6. The van der Waals surface area contributed by atoms with Gasteiger partial charge in [-0.3, -0.25) is 4.68 Å². The molecular formula is C19H15ClN6. The van der Waals surface area contributed by atoms with Gasteiger partial charge in [0.15, 0.2) is 0 Å². The van der Waals surface area contributed by atoms with E-state index in [0.717, 1.165) is 28.1 Å². The summed E-state index contributed by atoms with van der Waals surface area (Å²) in [4.78, 5) is 9.12. The number of halogens is 1. The van der Waals surface area contributed by atoms with Crippen molar-refractivity contribution in [1.82, 2.24) is 28.5 Å². The van der Waals surface area contributed by atoms with Crippen molar-refractivity contribution in [2.75, 3.05) is 0 Å². The molecule has 0 aliphatic heterocycles. The van der Waals surface area contributed by atoms with Crippen molar-refractivity contribution in [3.05, 3.63) is 89.6 Å². The molecule has 0 saturated carbocycles. The van der Waals surface area contributed by atoms with Gasteiger partial charge in [-0.15, -0.1) is 0 Å². The molecule has 0 bridgehead atoms. The van der Waals surface area contributed by atoms with E-state index in [-0.39, 0.29) is 0 Å². The summed E-state index contributed by atoms with van der Waals surface area (Å²) in [5.41, 5.74) is 5.03. The van der Waals surface area contributed by atoms with Gasteiger partial charge in [-0.2, -0.15) is 5.10 Å². The number of fused-ring (bicyclic) bond motifs is 2. The third kappa shape index (κ3) is 2.74. The van der Waals surface area contributed by atoms with E-state index in [4.69, 9.17) is 11.6 Å². The van der Waals surface area contributed by atoms with E-state index in [1.807, 2.05) is 81.1 Å². The maximum absolute atomic E-state index is 6.11. The van der Waals surface area contributed by atoms with Gasteiger partial charge in [0.1, 0.15) is 5.65 Å². The summed E-state index contributed by atoms with van der Waals surface area (Å²) in [7, 11) is 0. The molecule has 0 unspecified atom stereocenters. The molecule has 5 rings (SSSR count). The summed E-state index contributed by atoms with van der Waals surface area (Å²) < 4.78 is 5.89. The van der Waals surface area contributed by atoms with Gasteiger partial charge in [-0.05, 0) is 29.8 Å². The third-order valence-electron chi connectivity index (χ3n) is 4.38. The molecular weight excluding hydrogens is 348 g/mol. The predicted octanol–water partition coefficient (Wildman–Crippen LogP) is 3.47. The molecule has 6 nitrogen and oxygen atoms in total. The maximum Gasteiger partial charge on any atom is 0.137 e. The molecule has 0 saturated heterocycles. The predicted molar refractivity (Wildman–Crippen MR) is 99.5 cm³/mol. The summed E-state index contributed by atoms with van der Waals surface area (Å²) >= 11 is 6.11. The number of rotatable bonds is 4. The Kier molecular flexibility index (Phi) is 3.50. The summed E-state index contributed by atoms with van der Waals surface area (Å²) in [6.07, 6.45) is 12.4. The summed E-state index contributed by atoms with van der Waals surface area (Å²) in [5, 5.41) is 5.18. The van der Waals surface area contributed by atoms with Crippen LogP contribution in [-0.4, -0.2) is 28.5 Å². The fraction of sp³-hybridized carbons (Fsp3) is 0.105. The van der Waals surface area contributed by atoms with Crippen LogP contribution in [0.1, 0.15) is 17.0 Å². The first-order valence-electron chi connectivity index (χ1n) is 8.30. The normalized spacial score (nSPS) is 11.6. The van der Waals surface area contributed by atoms with Gasteiger partial charge in [0.25, 0.3) is 0 Å². The number of nitrogens with zero attached hydrogens (tertiary/aromatic N) is 6. The van der Waals surface area contributed by atoms with E-state index in [1.165, 1.54) is 0 Å². The lowest BCUT2D eigenvalue weighted by molar-refractivity contribution is 0.675. The quantitative estimate of drug-likeness (QED) is 0.492. The minimum Gasteiger partial charge on any atom is -0.307 e. The molecule has 0 aromatic carbocycles. The van der Waals surface area contributed by atoms with Gasteiger partial charge in [0.2, 0.25) is 0 Å². The molecule has 0 radical (unpaired) electrons. The van der Waals surface area contributed by atoms with Gasteiger partial charge >= 0.3 is 0 Å². The summed E-state index contributed by atoms with van der Waals surface area (Å²) in [6, 6.07) is 9.76. The van der Waals surface area contributed by atoms with Crippen molar-refractivity contribution in [1.29, 1.82) is 0 Å². The lowest BCUT2D eigenvalue weighted by Crippen LogP contribution is -2.00. The zero-order valence-electron chi connectivity index (χ0n) is 13.8. The van der Waals surface area contributed by atoms with Crippen molar-refractivity contribution in [2.45, 2.75) is 13.0 Å². The lowest BCUT2D eigenvalue weighted by atomic mass is 10.2. The smallest absolute Gasteiger partial charge is 0.137 e. The van der Waals surface area contributed by atoms with E-state index in [0.29, 0.717) is 18.0 Å². The highest BCUT2D eigenvalue weighted by atomic mass is 35.5. The summed E-state index contributed by atoms with van der Waals surface area (Å²) in [5.74, 6) is 0. The van der Waals surface area contributed by atoms with E-state index in [2.05, 4.69) is 15.1 Å². The Bertz CT molecular complexity index is 1180. The van der Waals surface area contributed by atoms with E-state index < -0.39 is 0 Å². The van der Waals surface area contributed by atoms with Crippen LogP contribution in [0, 0.1) is 0 Å². The Balaban J connectivity index is 1.38. The number of hydrogen-bond acceptors (Lipinski definition) is 3. The van der Waals surface area contributed by atoms with Crippen LogP contribution in [0.4, 0.5) is 0 Å². The zero-order chi connectivity index (χ0) is 17.5. The van der Waals surface area contributed by atoms with Gasteiger partial charge in [0, 0.05) is 36.2 Å². The minimum absolute atomic E-state index is 0.636. The van der Waals surface area contributed by atoms with Gasteiger partial charge in [-0.25, -0.2) is 9.97 Å². The Labute approximate surface area is 154 Å². The first kappa shape index (κ1) is 15.2. The number of hydrogen-bond donors (Lipinski definition) is 0. The van der Waals surface area contributed by atoms with Crippen molar-refractivity contribution in [3.8, 4) is 0 Å². The van der Waals surface area contributed by atoms with Crippen LogP contribution in [0.15, 0.2) is 67.6 Å². The number of imidazole rings is 2. The molecule has 5 aromatic heterocycles. The monoisotopic (exact) mass is 362 g/mol. The van der Waals surface area contributed by atoms with Crippen molar-refractivity contribution < 1.29 is 0 Å². The number of pyridine rings is 2. The van der Waals surface area contributed by atoms with Crippen molar-refractivity contribution in [2.24, 2.45) is 0 Å². The molecule has 0 spiro atoms. The molecule has 128 valence electrons. The SMILES string of the molecule is Clc1ccn2cnc(Cc3cnn(Cc4cn5ccccc5n4)c3)c2c1. The highest BCUT2D eigenvalue weighted by Crippen LogP contribution is 2.18. The van der Waals surface area contributed by atoms with Crippen molar-refractivity contribution >= 4 is 22.8 Å². The Morgan fingerprint density at radius 2 is 2.00 bits per heavy atom. The topological polar surface area (TPSA) is 52.4 Å². The van der Waals surface area contributed by atoms with Crippen LogP contribution < -0.4 is 0 Å². The second-order valence-corrected chi connectivity index (χ2v) is 6.69. The fourth-order valence-electron chi connectivity index (χ4n) is 3.16. The second-order valence-electron chi connectivity index (χ2n) is 6.25. The molecule has 26 heavy (non-hydrogen) atoms. The van der Waals surface area contributed by atoms with Crippen LogP contribution in [0.25, 0.3) is 11.2 Å². The first-order chi connectivity index (χ1) is 12.7. The third-order valence-corrected chi connectivity index (χ3v) is 4.61. The average molecular weight is 363 g/mol. The maximum atomic E-state index is 6.11. The molecule has 5 aromatic rings. The molecule has 0 atom stereocenters. The minimum atomic E-state index is 0.636. The largest absolute Gasteiger partial charge is 0.307 e. The molecule has 0 fully saturated rings. The Morgan fingerprint density at radius 3 is 2.92 bits per heavy atom. The molecule has 5 heterocycles. The first-order valence-corrected chi connectivity index (χ1v) is 8.67. The van der Waals surface area contributed by atoms with Crippen molar-refractivity contribution in [3.63, 3.8) is 0 Å². The van der Waals surface area contributed by atoms with Crippen LogP contribution >= 0.6 is 11.6 Å². The van der Waals surface area contributed by atoms with Gasteiger partial charge < -0.3 is 8.80 Å². The van der Waals surface area contributed by atoms with E-state index in [9.17, 15) is 0 Å². The fourth-order valence-corrected chi connectivity index (χ4v) is 3.32. The average Bonchev–Trinajstić information content (AvgIpc) is 3.34. The highest BCUT2D eigenvalue weighted by molar-refractivity contribution is 6.30. The van der Waals surface area contributed by atoms with Crippen LogP contribution in [0.5, 0.6) is 0 Å².